The summed E-state index contributed by atoms with van der Waals surface area (Å²) in [5, 5.41) is 1.17. The summed E-state index contributed by atoms with van der Waals surface area (Å²) in [5.74, 6) is 0. The van der Waals surface area contributed by atoms with Crippen molar-refractivity contribution in [2.45, 2.75) is 78.4 Å². The van der Waals surface area contributed by atoms with Crippen LogP contribution in [0.4, 0.5) is 9.59 Å². The molecule has 0 atom stereocenters. The van der Waals surface area contributed by atoms with Crippen molar-refractivity contribution in [2.75, 3.05) is 6.54 Å². The third-order valence-corrected chi connectivity index (χ3v) is 2.97. The molecule has 0 rings (SSSR count). The van der Waals surface area contributed by atoms with Gasteiger partial charge < -0.3 is 9.47 Å². The molecule has 0 aromatic carbocycles. The predicted molar refractivity (Wildman–Crippen MR) is 98.8 cm³/mol. The zero-order valence-electron chi connectivity index (χ0n) is 15.7. The SMILES string of the molecule is C=C(Br)CCCCCN(NC(=O)OC(C)(C)C)C(=O)OC(C)(C)C. The number of hydrogen-bond donors (Lipinski definition) is 1. The van der Waals surface area contributed by atoms with Gasteiger partial charge >= 0.3 is 12.2 Å². The van der Waals surface area contributed by atoms with Gasteiger partial charge in [0.15, 0.2) is 0 Å². The van der Waals surface area contributed by atoms with E-state index in [-0.39, 0.29) is 0 Å². The molecule has 24 heavy (non-hydrogen) atoms. The smallest absolute Gasteiger partial charge is 0.429 e. The van der Waals surface area contributed by atoms with Crippen molar-refractivity contribution in [3.63, 3.8) is 0 Å². The number of allylic oxidation sites excluding steroid dienone is 1. The lowest BCUT2D eigenvalue weighted by Crippen LogP contribution is -2.50. The van der Waals surface area contributed by atoms with E-state index in [1.54, 1.807) is 41.5 Å². The first-order valence-electron chi connectivity index (χ1n) is 8.13. The molecule has 0 heterocycles. The number of amides is 2. The highest BCUT2D eigenvalue weighted by atomic mass is 79.9. The van der Waals surface area contributed by atoms with Gasteiger partial charge in [0, 0.05) is 6.54 Å². The molecule has 0 radical (unpaired) electrons. The number of halogens is 1. The van der Waals surface area contributed by atoms with E-state index in [0.717, 1.165) is 30.2 Å². The number of unbranched alkanes of at least 4 members (excludes halogenated alkanes) is 2. The Bertz CT molecular complexity index is 439. The highest BCUT2D eigenvalue weighted by Gasteiger charge is 2.25. The van der Waals surface area contributed by atoms with E-state index in [2.05, 4.69) is 27.9 Å². The summed E-state index contributed by atoms with van der Waals surface area (Å²) in [6.45, 7) is 14.8. The number of hydrogen-bond acceptors (Lipinski definition) is 4. The van der Waals surface area contributed by atoms with E-state index in [0.29, 0.717) is 6.54 Å². The predicted octanol–water partition coefficient (Wildman–Crippen LogP) is 5.13. The highest BCUT2D eigenvalue weighted by Crippen LogP contribution is 2.14. The molecule has 0 aromatic heterocycles. The number of nitrogens with one attached hydrogen (secondary N) is 1. The summed E-state index contributed by atoms with van der Waals surface area (Å²) in [6, 6.07) is 0. The number of rotatable bonds is 6. The zero-order chi connectivity index (χ0) is 19.0. The van der Waals surface area contributed by atoms with Crippen LogP contribution >= 0.6 is 15.9 Å². The quantitative estimate of drug-likeness (QED) is 0.490. The number of hydrazine groups is 1. The first-order chi connectivity index (χ1) is 10.8. The fraction of sp³-hybridized carbons (Fsp3) is 0.765. The van der Waals surface area contributed by atoms with Crippen molar-refractivity contribution in [1.29, 1.82) is 0 Å². The Hall–Kier alpha value is -1.24. The first-order valence-corrected chi connectivity index (χ1v) is 8.93. The van der Waals surface area contributed by atoms with E-state index >= 15 is 0 Å². The maximum Gasteiger partial charge on any atom is 0.429 e. The van der Waals surface area contributed by atoms with Crippen molar-refractivity contribution in [3.8, 4) is 0 Å². The van der Waals surface area contributed by atoms with Crippen molar-refractivity contribution >= 4 is 28.1 Å². The van der Waals surface area contributed by atoms with Crippen LogP contribution in [0.3, 0.4) is 0 Å². The first kappa shape index (κ1) is 22.8. The van der Waals surface area contributed by atoms with Gasteiger partial charge in [-0.15, -0.1) is 0 Å². The Labute approximate surface area is 154 Å². The number of carbonyl (C=O) groups excluding carboxylic acids is 2. The molecule has 0 fully saturated rings. The van der Waals surface area contributed by atoms with Gasteiger partial charge in [-0.3, -0.25) is 0 Å². The second-order valence-corrected chi connectivity index (χ2v) is 8.70. The van der Waals surface area contributed by atoms with Crippen LogP contribution in [0, 0.1) is 0 Å². The van der Waals surface area contributed by atoms with Gasteiger partial charge in [-0.05, 0) is 65.3 Å². The Morgan fingerprint density at radius 1 is 1.00 bits per heavy atom. The molecule has 7 heteroatoms. The lowest BCUT2D eigenvalue weighted by atomic mass is 10.2. The van der Waals surface area contributed by atoms with E-state index in [1.807, 2.05) is 0 Å². The van der Waals surface area contributed by atoms with Gasteiger partial charge in [-0.25, -0.2) is 20.0 Å². The average Bonchev–Trinajstić information content (AvgIpc) is 2.32. The maximum absolute atomic E-state index is 12.2. The molecular formula is C17H31BrN2O4. The van der Waals surface area contributed by atoms with Gasteiger partial charge in [0.25, 0.3) is 0 Å². The lowest BCUT2D eigenvalue weighted by Gasteiger charge is -2.28. The van der Waals surface area contributed by atoms with E-state index < -0.39 is 23.4 Å². The molecule has 0 aliphatic carbocycles. The molecule has 1 N–H and O–H groups in total. The van der Waals surface area contributed by atoms with Crippen LogP contribution in [0.15, 0.2) is 11.1 Å². The van der Waals surface area contributed by atoms with Crippen molar-refractivity contribution < 1.29 is 19.1 Å². The van der Waals surface area contributed by atoms with E-state index in [4.69, 9.17) is 9.47 Å². The van der Waals surface area contributed by atoms with Crippen LogP contribution < -0.4 is 5.43 Å². The van der Waals surface area contributed by atoms with Crippen LogP contribution in [-0.2, 0) is 9.47 Å². The summed E-state index contributed by atoms with van der Waals surface area (Å²) >= 11 is 3.32. The molecule has 0 aliphatic rings. The van der Waals surface area contributed by atoms with Gasteiger partial charge in [-0.1, -0.05) is 28.9 Å². The number of nitrogens with zero attached hydrogens (tertiary/aromatic N) is 1. The van der Waals surface area contributed by atoms with Crippen LogP contribution in [0.1, 0.15) is 67.2 Å². The van der Waals surface area contributed by atoms with Crippen LogP contribution in [0.2, 0.25) is 0 Å². The summed E-state index contributed by atoms with van der Waals surface area (Å²) in [6.07, 6.45) is 2.19. The molecule has 2 amide bonds. The van der Waals surface area contributed by atoms with Gasteiger partial charge in [-0.2, -0.15) is 0 Å². The standard InChI is InChI=1S/C17H31BrN2O4/c1-13(18)11-9-8-10-12-20(15(22)24-17(5,6)7)19-14(21)23-16(2,3)4/h1,8-12H2,2-7H3,(H,19,21). The molecule has 0 aromatic rings. The highest BCUT2D eigenvalue weighted by molar-refractivity contribution is 9.11. The fourth-order valence-corrected chi connectivity index (χ4v) is 1.96. The average molecular weight is 407 g/mol. The van der Waals surface area contributed by atoms with Crippen molar-refractivity contribution in [1.82, 2.24) is 10.4 Å². The monoisotopic (exact) mass is 406 g/mol. The Kier molecular flexibility index (Phi) is 9.40. The van der Waals surface area contributed by atoms with Gasteiger partial charge in [0.2, 0.25) is 0 Å². The summed E-state index contributed by atoms with van der Waals surface area (Å²) in [7, 11) is 0. The third-order valence-electron chi connectivity index (χ3n) is 2.57. The van der Waals surface area contributed by atoms with Gasteiger partial charge in [0.05, 0.1) is 0 Å². The normalized spacial score (nSPS) is 11.6. The zero-order valence-corrected chi connectivity index (χ0v) is 17.3. The molecule has 0 aliphatic heterocycles. The largest absolute Gasteiger partial charge is 0.443 e. The summed E-state index contributed by atoms with van der Waals surface area (Å²) < 4.78 is 11.5. The molecule has 0 saturated heterocycles. The summed E-state index contributed by atoms with van der Waals surface area (Å²) in [5.41, 5.74) is 1.19. The van der Waals surface area contributed by atoms with Crippen molar-refractivity contribution in [2.24, 2.45) is 0 Å². The van der Waals surface area contributed by atoms with Gasteiger partial charge in [0.1, 0.15) is 11.2 Å². The van der Waals surface area contributed by atoms with Crippen LogP contribution in [-0.4, -0.2) is 34.9 Å². The summed E-state index contributed by atoms with van der Waals surface area (Å²) in [4.78, 5) is 24.2. The minimum absolute atomic E-state index is 0.350. The van der Waals surface area contributed by atoms with Crippen LogP contribution in [0.25, 0.3) is 0 Å². The third kappa shape index (κ3) is 13.2. The van der Waals surface area contributed by atoms with Crippen LogP contribution in [0.5, 0.6) is 0 Å². The second kappa shape index (κ2) is 9.91. The number of ether oxygens (including phenoxy) is 2. The van der Waals surface area contributed by atoms with E-state index in [9.17, 15) is 9.59 Å². The van der Waals surface area contributed by atoms with Crippen molar-refractivity contribution in [3.05, 3.63) is 11.1 Å². The molecule has 0 spiro atoms. The minimum atomic E-state index is -0.679. The number of carbonyl (C=O) groups is 2. The second-order valence-electron chi connectivity index (χ2n) is 7.57. The molecule has 0 unspecified atom stereocenters. The topological polar surface area (TPSA) is 67.9 Å². The van der Waals surface area contributed by atoms with E-state index in [1.165, 1.54) is 5.01 Å². The molecular weight excluding hydrogens is 376 g/mol. The Balaban J connectivity index is 4.62. The Morgan fingerprint density at radius 3 is 2.00 bits per heavy atom. The molecule has 0 saturated carbocycles. The molecule has 6 nitrogen and oxygen atoms in total. The lowest BCUT2D eigenvalue weighted by molar-refractivity contribution is 0.00102. The molecule has 0 bridgehead atoms. The Morgan fingerprint density at radius 2 is 1.54 bits per heavy atom. The minimum Gasteiger partial charge on any atom is -0.443 e. The maximum atomic E-state index is 12.2. The molecule has 140 valence electrons. The fourth-order valence-electron chi connectivity index (χ4n) is 1.68.